The van der Waals surface area contributed by atoms with Gasteiger partial charge >= 0.3 is 6.03 Å². The van der Waals surface area contributed by atoms with Gasteiger partial charge in [-0.1, -0.05) is 59.1 Å². The van der Waals surface area contributed by atoms with Crippen LogP contribution < -0.4 is 15.5 Å². The zero-order valence-electron chi connectivity index (χ0n) is 19.9. The molecule has 2 atom stereocenters. The summed E-state index contributed by atoms with van der Waals surface area (Å²) in [6, 6.07) is 18.6. The van der Waals surface area contributed by atoms with Gasteiger partial charge in [-0.05, 0) is 68.6 Å². The Hall–Kier alpha value is -2.44. The standard InChI is InChI=1S/C28H27Cl3N4O/c1-34-18-9-10-19(34)12-16(11-18)33-17-13-21(20-5-2-3-6-23(20)29)22-15-32-28(36)35(26(22)14-17)27-24(30)7-4-8-25(27)31/h2-8,13-14,16,18-19,33H,9-12,15H2,1H3,(H,32,36). The van der Waals surface area contributed by atoms with Crippen LogP contribution in [0.5, 0.6) is 0 Å². The fourth-order valence-corrected chi connectivity index (χ4v) is 6.89. The van der Waals surface area contributed by atoms with Crippen molar-refractivity contribution in [3.63, 3.8) is 0 Å². The van der Waals surface area contributed by atoms with Crippen LogP contribution in [-0.4, -0.2) is 36.1 Å². The molecule has 2 fully saturated rings. The molecule has 2 saturated heterocycles. The summed E-state index contributed by atoms with van der Waals surface area (Å²) in [6.45, 7) is 0.381. The molecule has 36 heavy (non-hydrogen) atoms. The summed E-state index contributed by atoms with van der Waals surface area (Å²) in [5.74, 6) is 0. The molecule has 0 spiro atoms. The van der Waals surface area contributed by atoms with Crippen LogP contribution in [0.4, 0.5) is 21.9 Å². The van der Waals surface area contributed by atoms with Crippen LogP contribution in [0.15, 0.2) is 54.6 Å². The highest BCUT2D eigenvalue weighted by Crippen LogP contribution is 2.46. The van der Waals surface area contributed by atoms with E-state index in [1.165, 1.54) is 12.8 Å². The highest BCUT2D eigenvalue weighted by atomic mass is 35.5. The fraction of sp³-hybridized carbons (Fsp3) is 0.321. The highest BCUT2D eigenvalue weighted by molar-refractivity contribution is 6.40. The number of amides is 2. The lowest BCUT2D eigenvalue weighted by atomic mass is 9.93. The summed E-state index contributed by atoms with van der Waals surface area (Å²) in [5.41, 5.74) is 5.05. The molecule has 8 heteroatoms. The fourth-order valence-electron chi connectivity index (χ4n) is 6.09. The number of nitrogens with one attached hydrogen (secondary N) is 2. The number of carbonyl (C=O) groups is 1. The molecule has 3 aliphatic rings. The van der Waals surface area contributed by atoms with Crippen molar-refractivity contribution in [1.82, 2.24) is 10.2 Å². The predicted molar refractivity (Wildman–Crippen MR) is 149 cm³/mol. The minimum absolute atomic E-state index is 0.267. The minimum atomic E-state index is -0.267. The van der Waals surface area contributed by atoms with E-state index in [9.17, 15) is 4.79 Å². The van der Waals surface area contributed by atoms with Crippen molar-refractivity contribution in [2.75, 3.05) is 17.3 Å². The van der Waals surface area contributed by atoms with Gasteiger partial charge in [-0.3, -0.25) is 4.90 Å². The number of carbonyl (C=O) groups excluding carboxylic acids is 1. The Bertz CT molecular complexity index is 1310. The molecule has 3 aliphatic heterocycles. The summed E-state index contributed by atoms with van der Waals surface area (Å²) < 4.78 is 0. The van der Waals surface area contributed by atoms with Crippen molar-refractivity contribution < 1.29 is 4.79 Å². The third-order valence-electron chi connectivity index (χ3n) is 7.88. The van der Waals surface area contributed by atoms with Crippen LogP contribution in [0.25, 0.3) is 11.1 Å². The largest absolute Gasteiger partial charge is 0.382 e. The quantitative estimate of drug-likeness (QED) is 0.355. The van der Waals surface area contributed by atoms with Gasteiger partial charge in [0, 0.05) is 46.5 Å². The van der Waals surface area contributed by atoms with Crippen LogP contribution in [0.3, 0.4) is 0 Å². The molecule has 3 heterocycles. The Morgan fingerprint density at radius 3 is 2.25 bits per heavy atom. The number of piperidine rings is 1. The smallest absolute Gasteiger partial charge is 0.326 e. The van der Waals surface area contributed by atoms with E-state index in [1.54, 1.807) is 23.1 Å². The van der Waals surface area contributed by atoms with E-state index in [4.69, 9.17) is 34.8 Å². The number of para-hydroxylation sites is 1. The molecule has 2 amide bonds. The number of halogens is 3. The lowest BCUT2D eigenvalue weighted by Crippen LogP contribution is -2.44. The summed E-state index contributed by atoms with van der Waals surface area (Å²) >= 11 is 19.8. The van der Waals surface area contributed by atoms with Gasteiger partial charge in [0.25, 0.3) is 0 Å². The van der Waals surface area contributed by atoms with Gasteiger partial charge < -0.3 is 15.5 Å². The molecule has 2 N–H and O–H groups in total. The molecule has 2 unspecified atom stereocenters. The second-order valence-corrected chi connectivity index (χ2v) is 11.2. The van der Waals surface area contributed by atoms with E-state index in [-0.39, 0.29) is 6.03 Å². The van der Waals surface area contributed by atoms with E-state index < -0.39 is 0 Å². The van der Waals surface area contributed by atoms with Crippen LogP contribution in [0, 0.1) is 0 Å². The number of anilines is 3. The average Bonchev–Trinajstić information content (AvgIpc) is 3.05. The third kappa shape index (κ3) is 4.12. The molecule has 0 saturated carbocycles. The normalized spacial score (nSPS) is 23.4. The van der Waals surface area contributed by atoms with Crippen molar-refractivity contribution in [2.45, 2.75) is 50.4 Å². The summed E-state index contributed by atoms with van der Waals surface area (Å²) in [6.07, 6.45) is 4.72. The van der Waals surface area contributed by atoms with Crippen molar-refractivity contribution in [3.8, 4) is 11.1 Å². The Balaban J connectivity index is 1.49. The van der Waals surface area contributed by atoms with Crippen LogP contribution >= 0.6 is 34.8 Å². The van der Waals surface area contributed by atoms with Crippen molar-refractivity contribution in [1.29, 1.82) is 0 Å². The van der Waals surface area contributed by atoms with Crippen LogP contribution in [0.2, 0.25) is 15.1 Å². The Morgan fingerprint density at radius 2 is 1.56 bits per heavy atom. The number of nitrogens with zero attached hydrogens (tertiary/aromatic N) is 2. The highest BCUT2D eigenvalue weighted by Gasteiger charge is 2.39. The number of rotatable bonds is 4. The molecule has 2 bridgehead atoms. The lowest BCUT2D eigenvalue weighted by molar-refractivity contribution is 0.169. The predicted octanol–water partition coefficient (Wildman–Crippen LogP) is 7.71. The first-order valence-electron chi connectivity index (χ1n) is 12.3. The lowest BCUT2D eigenvalue weighted by Gasteiger charge is -2.38. The van der Waals surface area contributed by atoms with Gasteiger partial charge in [0.05, 0.1) is 21.4 Å². The van der Waals surface area contributed by atoms with E-state index in [0.29, 0.717) is 45.4 Å². The first-order chi connectivity index (χ1) is 17.4. The second kappa shape index (κ2) is 9.46. The molecule has 3 aromatic rings. The van der Waals surface area contributed by atoms with Gasteiger partial charge in [0.2, 0.25) is 0 Å². The maximum absolute atomic E-state index is 13.3. The van der Waals surface area contributed by atoms with E-state index in [0.717, 1.165) is 40.9 Å². The maximum atomic E-state index is 13.3. The van der Waals surface area contributed by atoms with E-state index in [1.807, 2.05) is 30.3 Å². The number of hydrogen-bond acceptors (Lipinski definition) is 3. The number of benzene rings is 3. The summed E-state index contributed by atoms with van der Waals surface area (Å²) in [7, 11) is 2.25. The van der Waals surface area contributed by atoms with Gasteiger partial charge in [-0.25, -0.2) is 4.79 Å². The second-order valence-electron chi connectivity index (χ2n) is 9.93. The molecule has 0 aromatic heterocycles. The Kier molecular flexibility index (Phi) is 6.29. The first-order valence-corrected chi connectivity index (χ1v) is 13.5. The Labute approximate surface area is 226 Å². The zero-order chi connectivity index (χ0) is 25.0. The van der Waals surface area contributed by atoms with E-state index >= 15 is 0 Å². The van der Waals surface area contributed by atoms with Crippen molar-refractivity contribution in [2.24, 2.45) is 0 Å². The van der Waals surface area contributed by atoms with Crippen molar-refractivity contribution >= 4 is 57.9 Å². The third-order valence-corrected chi connectivity index (χ3v) is 8.82. The van der Waals surface area contributed by atoms with Gasteiger partial charge in [0.1, 0.15) is 0 Å². The first kappa shape index (κ1) is 23.9. The van der Waals surface area contributed by atoms with Crippen LogP contribution in [-0.2, 0) is 6.54 Å². The molecule has 0 radical (unpaired) electrons. The molecule has 3 aromatic carbocycles. The van der Waals surface area contributed by atoms with Crippen molar-refractivity contribution in [3.05, 3.63) is 75.2 Å². The van der Waals surface area contributed by atoms with Gasteiger partial charge in [0.15, 0.2) is 0 Å². The van der Waals surface area contributed by atoms with Gasteiger partial charge in [-0.2, -0.15) is 0 Å². The topological polar surface area (TPSA) is 47.6 Å². The molecule has 6 rings (SSSR count). The molecule has 5 nitrogen and oxygen atoms in total. The van der Waals surface area contributed by atoms with Gasteiger partial charge in [-0.15, -0.1) is 0 Å². The average molecular weight is 542 g/mol. The molecule has 0 aliphatic carbocycles. The molecular weight excluding hydrogens is 515 g/mol. The SMILES string of the molecule is CN1C2CCC1CC(Nc1cc(-c3ccccc3Cl)c3c(c1)N(c1c(Cl)cccc1Cl)C(=O)NC3)C2. The number of hydrogen-bond donors (Lipinski definition) is 2. The Morgan fingerprint density at radius 1 is 0.889 bits per heavy atom. The summed E-state index contributed by atoms with van der Waals surface area (Å²) in [5, 5.41) is 8.29. The number of urea groups is 1. The molecular formula is C28H27Cl3N4O. The zero-order valence-corrected chi connectivity index (χ0v) is 22.2. The summed E-state index contributed by atoms with van der Waals surface area (Å²) in [4.78, 5) is 17.4. The molecule has 186 valence electrons. The number of fused-ring (bicyclic) bond motifs is 3. The minimum Gasteiger partial charge on any atom is -0.382 e. The maximum Gasteiger partial charge on any atom is 0.326 e. The van der Waals surface area contributed by atoms with Crippen LogP contribution in [0.1, 0.15) is 31.2 Å². The van der Waals surface area contributed by atoms with E-state index in [2.05, 4.69) is 28.6 Å². The monoisotopic (exact) mass is 540 g/mol.